The number of thioether (sulfide) groups is 1. The second kappa shape index (κ2) is 4.84. The first kappa shape index (κ1) is 12.0. The highest BCUT2D eigenvalue weighted by molar-refractivity contribution is 7.99. The van der Waals surface area contributed by atoms with Crippen molar-refractivity contribution in [1.29, 1.82) is 0 Å². The number of nitrogens with two attached hydrogens (primary N) is 1. The number of nitrogen functional groups attached to an aromatic ring is 1. The van der Waals surface area contributed by atoms with Gasteiger partial charge in [0, 0.05) is 23.3 Å². The molecule has 0 amide bonds. The summed E-state index contributed by atoms with van der Waals surface area (Å²) in [7, 11) is 1.91. The van der Waals surface area contributed by atoms with Crippen LogP contribution < -0.4 is 5.73 Å². The molecule has 1 aromatic heterocycles. The lowest BCUT2D eigenvalue weighted by Gasteiger charge is -2.06. The second-order valence-electron chi connectivity index (χ2n) is 4.27. The van der Waals surface area contributed by atoms with Gasteiger partial charge in [-0.05, 0) is 17.7 Å². The number of aryl methyl sites for hydroxylation is 1. The molecule has 3 nitrogen and oxygen atoms in total. The number of benzene rings is 1. The summed E-state index contributed by atoms with van der Waals surface area (Å²) in [6.45, 7) is 4.39. The lowest BCUT2D eigenvalue weighted by Crippen LogP contribution is -1.94. The summed E-state index contributed by atoms with van der Waals surface area (Å²) < 4.78 is 1.81. The quantitative estimate of drug-likeness (QED) is 0.847. The Balaban J connectivity index is 2.26. The Bertz CT molecular complexity index is 500. The van der Waals surface area contributed by atoms with Gasteiger partial charge in [-0.1, -0.05) is 26.0 Å². The highest BCUT2D eigenvalue weighted by Gasteiger charge is 2.05. The highest BCUT2D eigenvalue weighted by atomic mass is 32.2. The standard InChI is InChI=1S/C13H17N3S/c1-9(2)17-11-6-4-10(5-7-11)12-8-13(14)15-16(12)3/h4-9H,1-3H3,(H2,14,15). The minimum atomic E-state index is 0.558. The van der Waals surface area contributed by atoms with Crippen LogP contribution in [0.15, 0.2) is 35.2 Å². The summed E-state index contributed by atoms with van der Waals surface area (Å²) in [6, 6.07) is 10.4. The average molecular weight is 247 g/mol. The van der Waals surface area contributed by atoms with E-state index in [-0.39, 0.29) is 0 Å². The molecule has 0 aliphatic rings. The van der Waals surface area contributed by atoms with Crippen molar-refractivity contribution < 1.29 is 0 Å². The average Bonchev–Trinajstić information content (AvgIpc) is 2.58. The molecule has 0 aliphatic heterocycles. The van der Waals surface area contributed by atoms with Crippen LogP contribution in [0, 0.1) is 0 Å². The van der Waals surface area contributed by atoms with E-state index in [1.54, 1.807) is 4.68 Å². The number of nitrogens with zero attached hydrogens (tertiary/aromatic N) is 2. The Morgan fingerprint density at radius 1 is 1.24 bits per heavy atom. The van der Waals surface area contributed by atoms with E-state index in [0.717, 1.165) is 11.3 Å². The van der Waals surface area contributed by atoms with Crippen molar-refractivity contribution >= 4 is 17.6 Å². The number of anilines is 1. The Hall–Kier alpha value is -1.42. The fourth-order valence-electron chi connectivity index (χ4n) is 1.74. The zero-order valence-corrected chi connectivity index (χ0v) is 11.2. The summed E-state index contributed by atoms with van der Waals surface area (Å²) in [6.07, 6.45) is 0. The molecule has 0 spiro atoms. The lowest BCUT2D eigenvalue weighted by molar-refractivity contribution is 0.780. The van der Waals surface area contributed by atoms with E-state index in [1.807, 2.05) is 24.9 Å². The summed E-state index contributed by atoms with van der Waals surface area (Å²) in [5.41, 5.74) is 7.86. The molecule has 2 aromatic rings. The van der Waals surface area contributed by atoms with Crippen LogP contribution in [0.5, 0.6) is 0 Å². The molecule has 4 heteroatoms. The number of aromatic nitrogens is 2. The maximum absolute atomic E-state index is 5.68. The minimum absolute atomic E-state index is 0.558. The van der Waals surface area contributed by atoms with Crippen LogP contribution in [-0.4, -0.2) is 15.0 Å². The van der Waals surface area contributed by atoms with Crippen LogP contribution in [0.4, 0.5) is 5.82 Å². The number of rotatable bonds is 3. The largest absolute Gasteiger partial charge is 0.382 e. The van der Waals surface area contributed by atoms with E-state index in [0.29, 0.717) is 11.1 Å². The molecule has 90 valence electrons. The van der Waals surface area contributed by atoms with Crippen LogP contribution in [0.2, 0.25) is 0 Å². The first-order valence-electron chi connectivity index (χ1n) is 5.63. The van der Waals surface area contributed by atoms with Crippen molar-refractivity contribution in [2.45, 2.75) is 24.0 Å². The van der Waals surface area contributed by atoms with Crippen molar-refractivity contribution in [2.75, 3.05) is 5.73 Å². The topological polar surface area (TPSA) is 43.8 Å². The molecule has 1 aromatic carbocycles. The van der Waals surface area contributed by atoms with E-state index in [2.05, 4.69) is 43.2 Å². The molecule has 0 radical (unpaired) electrons. The van der Waals surface area contributed by atoms with Crippen molar-refractivity contribution in [3.05, 3.63) is 30.3 Å². The Kier molecular flexibility index (Phi) is 3.43. The first-order chi connectivity index (χ1) is 8.06. The van der Waals surface area contributed by atoms with Crippen molar-refractivity contribution in [2.24, 2.45) is 7.05 Å². The Morgan fingerprint density at radius 2 is 1.88 bits per heavy atom. The Labute approximate surface area is 106 Å². The van der Waals surface area contributed by atoms with E-state index in [1.165, 1.54) is 4.90 Å². The molecule has 0 saturated heterocycles. The lowest BCUT2D eigenvalue weighted by atomic mass is 10.1. The van der Waals surface area contributed by atoms with E-state index in [9.17, 15) is 0 Å². The van der Waals surface area contributed by atoms with Crippen LogP contribution in [0.1, 0.15) is 13.8 Å². The molecular weight excluding hydrogens is 230 g/mol. The molecule has 1 heterocycles. The fourth-order valence-corrected chi connectivity index (χ4v) is 2.57. The third-order valence-electron chi connectivity index (χ3n) is 2.42. The zero-order chi connectivity index (χ0) is 12.4. The van der Waals surface area contributed by atoms with Crippen molar-refractivity contribution in [1.82, 2.24) is 9.78 Å². The van der Waals surface area contributed by atoms with Crippen molar-refractivity contribution in [3.63, 3.8) is 0 Å². The van der Waals surface area contributed by atoms with Gasteiger partial charge in [-0.2, -0.15) is 5.10 Å². The summed E-state index contributed by atoms with van der Waals surface area (Å²) in [5, 5.41) is 4.75. The second-order valence-corrected chi connectivity index (χ2v) is 5.92. The van der Waals surface area contributed by atoms with Gasteiger partial charge in [-0.3, -0.25) is 4.68 Å². The predicted molar refractivity (Wildman–Crippen MR) is 74.0 cm³/mol. The van der Waals surface area contributed by atoms with Gasteiger partial charge in [-0.25, -0.2) is 0 Å². The maximum Gasteiger partial charge on any atom is 0.146 e. The van der Waals surface area contributed by atoms with Gasteiger partial charge in [0.2, 0.25) is 0 Å². The third kappa shape index (κ3) is 2.82. The molecule has 0 atom stereocenters. The fraction of sp³-hybridized carbons (Fsp3) is 0.308. The Morgan fingerprint density at radius 3 is 2.35 bits per heavy atom. The van der Waals surface area contributed by atoms with Crippen LogP contribution in [0.25, 0.3) is 11.3 Å². The van der Waals surface area contributed by atoms with Gasteiger partial charge in [-0.15, -0.1) is 11.8 Å². The van der Waals surface area contributed by atoms with Crippen LogP contribution in [-0.2, 0) is 7.05 Å². The summed E-state index contributed by atoms with van der Waals surface area (Å²) >= 11 is 1.86. The van der Waals surface area contributed by atoms with Gasteiger partial charge < -0.3 is 5.73 Å². The maximum atomic E-state index is 5.68. The highest BCUT2D eigenvalue weighted by Crippen LogP contribution is 2.27. The molecular formula is C13H17N3S. The molecule has 0 fully saturated rings. The smallest absolute Gasteiger partial charge is 0.146 e. The minimum Gasteiger partial charge on any atom is -0.382 e. The molecule has 0 unspecified atom stereocenters. The SMILES string of the molecule is CC(C)Sc1ccc(-c2cc(N)nn2C)cc1. The summed E-state index contributed by atoms with van der Waals surface area (Å²) in [5.74, 6) is 0.558. The van der Waals surface area contributed by atoms with Crippen LogP contribution >= 0.6 is 11.8 Å². The molecule has 17 heavy (non-hydrogen) atoms. The normalized spacial score (nSPS) is 11.1. The molecule has 0 aliphatic carbocycles. The predicted octanol–water partition coefficient (Wildman–Crippen LogP) is 3.17. The van der Waals surface area contributed by atoms with E-state index < -0.39 is 0 Å². The zero-order valence-electron chi connectivity index (χ0n) is 10.3. The number of hydrogen-bond donors (Lipinski definition) is 1. The molecule has 2 rings (SSSR count). The van der Waals surface area contributed by atoms with E-state index >= 15 is 0 Å². The van der Waals surface area contributed by atoms with Gasteiger partial charge in [0.25, 0.3) is 0 Å². The first-order valence-corrected chi connectivity index (χ1v) is 6.51. The van der Waals surface area contributed by atoms with E-state index in [4.69, 9.17) is 5.73 Å². The van der Waals surface area contributed by atoms with Gasteiger partial charge in [0.15, 0.2) is 0 Å². The van der Waals surface area contributed by atoms with Gasteiger partial charge >= 0.3 is 0 Å². The van der Waals surface area contributed by atoms with Gasteiger partial charge in [0.1, 0.15) is 5.82 Å². The number of hydrogen-bond acceptors (Lipinski definition) is 3. The van der Waals surface area contributed by atoms with Crippen molar-refractivity contribution in [3.8, 4) is 11.3 Å². The third-order valence-corrected chi connectivity index (χ3v) is 3.44. The molecule has 2 N–H and O–H groups in total. The monoisotopic (exact) mass is 247 g/mol. The molecule has 0 saturated carbocycles. The molecule has 0 bridgehead atoms. The summed E-state index contributed by atoms with van der Waals surface area (Å²) in [4.78, 5) is 1.29. The van der Waals surface area contributed by atoms with Crippen LogP contribution in [0.3, 0.4) is 0 Å². The van der Waals surface area contributed by atoms with Gasteiger partial charge in [0.05, 0.1) is 5.69 Å².